The standard InChI is InChI=1S/C20H24N2O3S/c1-3-20(23)21-17-9-11-18(12-10-17)26(24,25)22-13-5-8-19(22)16-7-4-6-15(2)14-16/h4,6-7,9-12,14,19H,3,5,8,13H2,1-2H3,(H,21,23)/t19-/m1/s1. The summed E-state index contributed by atoms with van der Waals surface area (Å²) in [6.07, 6.45) is 2.06. The highest BCUT2D eigenvalue weighted by molar-refractivity contribution is 7.89. The predicted octanol–water partition coefficient (Wildman–Crippen LogP) is 3.87. The molecule has 6 heteroatoms. The maximum atomic E-state index is 13.1. The molecule has 1 fully saturated rings. The number of amides is 1. The van der Waals surface area contributed by atoms with Crippen LogP contribution in [0.5, 0.6) is 0 Å². The lowest BCUT2D eigenvalue weighted by Gasteiger charge is -2.25. The van der Waals surface area contributed by atoms with Gasteiger partial charge < -0.3 is 5.32 Å². The van der Waals surface area contributed by atoms with E-state index in [-0.39, 0.29) is 16.8 Å². The highest BCUT2D eigenvalue weighted by Gasteiger charge is 2.36. The van der Waals surface area contributed by atoms with E-state index in [0.29, 0.717) is 18.7 Å². The number of carbonyl (C=O) groups excluding carboxylic acids is 1. The van der Waals surface area contributed by atoms with Gasteiger partial charge in [-0.1, -0.05) is 36.8 Å². The summed E-state index contributed by atoms with van der Waals surface area (Å²) in [6.45, 7) is 4.31. The first-order valence-electron chi connectivity index (χ1n) is 8.90. The molecule has 3 rings (SSSR count). The van der Waals surface area contributed by atoms with E-state index in [2.05, 4.69) is 11.4 Å². The Labute approximate surface area is 155 Å². The summed E-state index contributed by atoms with van der Waals surface area (Å²) in [5.74, 6) is -0.0975. The molecule has 0 unspecified atom stereocenters. The molecule has 1 aliphatic heterocycles. The molecular formula is C20H24N2O3S. The number of sulfonamides is 1. The van der Waals surface area contributed by atoms with Crippen molar-refractivity contribution in [2.24, 2.45) is 0 Å². The average molecular weight is 372 g/mol. The van der Waals surface area contributed by atoms with Crippen LogP contribution in [0.2, 0.25) is 0 Å². The monoisotopic (exact) mass is 372 g/mol. The van der Waals surface area contributed by atoms with E-state index >= 15 is 0 Å². The zero-order valence-corrected chi connectivity index (χ0v) is 15.9. The van der Waals surface area contributed by atoms with Crippen molar-refractivity contribution in [1.29, 1.82) is 0 Å². The van der Waals surface area contributed by atoms with Crippen molar-refractivity contribution in [3.8, 4) is 0 Å². The Morgan fingerprint density at radius 3 is 2.58 bits per heavy atom. The van der Waals surface area contributed by atoms with Gasteiger partial charge in [0.1, 0.15) is 0 Å². The molecule has 1 N–H and O–H groups in total. The molecule has 1 aliphatic rings. The molecule has 2 aromatic rings. The minimum absolute atomic E-state index is 0.0975. The number of nitrogens with one attached hydrogen (secondary N) is 1. The SMILES string of the molecule is CCC(=O)Nc1ccc(S(=O)(=O)N2CCC[C@@H]2c2cccc(C)c2)cc1. The van der Waals surface area contributed by atoms with Crippen LogP contribution in [0.1, 0.15) is 43.4 Å². The van der Waals surface area contributed by atoms with Crippen LogP contribution in [0, 0.1) is 6.92 Å². The summed E-state index contributed by atoms with van der Waals surface area (Å²) in [7, 11) is -3.58. The number of anilines is 1. The molecule has 2 aromatic carbocycles. The van der Waals surface area contributed by atoms with E-state index in [1.807, 2.05) is 25.1 Å². The van der Waals surface area contributed by atoms with Gasteiger partial charge in [0, 0.05) is 18.7 Å². The lowest BCUT2D eigenvalue weighted by molar-refractivity contribution is -0.115. The molecular weight excluding hydrogens is 348 g/mol. The van der Waals surface area contributed by atoms with Crippen molar-refractivity contribution in [3.63, 3.8) is 0 Å². The normalized spacial score (nSPS) is 18.0. The van der Waals surface area contributed by atoms with Gasteiger partial charge in [-0.2, -0.15) is 4.31 Å². The minimum atomic E-state index is -3.58. The highest BCUT2D eigenvalue weighted by Crippen LogP contribution is 2.36. The maximum absolute atomic E-state index is 13.1. The van der Waals surface area contributed by atoms with Crippen molar-refractivity contribution < 1.29 is 13.2 Å². The van der Waals surface area contributed by atoms with Crippen LogP contribution >= 0.6 is 0 Å². The smallest absolute Gasteiger partial charge is 0.243 e. The van der Waals surface area contributed by atoms with E-state index in [1.54, 1.807) is 35.5 Å². The molecule has 26 heavy (non-hydrogen) atoms. The summed E-state index contributed by atoms with van der Waals surface area (Å²) in [6, 6.07) is 14.3. The van der Waals surface area contributed by atoms with Gasteiger partial charge in [-0.15, -0.1) is 0 Å². The van der Waals surface area contributed by atoms with Crippen LogP contribution in [-0.2, 0) is 14.8 Å². The first-order valence-corrected chi connectivity index (χ1v) is 10.3. The Balaban J connectivity index is 1.86. The van der Waals surface area contributed by atoms with Crippen LogP contribution in [0.4, 0.5) is 5.69 Å². The maximum Gasteiger partial charge on any atom is 0.243 e. The average Bonchev–Trinajstić information content (AvgIpc) is 3.13. The summed E-state index contributed by atoms with van der Waals surface area (Å²) >= 11 is 0. The molecule has 1 saturated heterocycles. The summed E-state index contributed by atoms with van der Waals surface area (Å²) in [5, 5.41) is 2.73. The second kappa shape index (κ2) is 7.60. The van der Waals surface area contributed by atoms with Gasteiger partial charge in [0.2, 0.25) is 15.9 Å². The molecule has 0 bridgehead atoms. The van der Waals surface area contributed by atoms with Crippen molar-refractivity contribution in [2.45, 2.75) is 44.0 Å². The second-order valence-corrected chi connectivity index (χ2v) is 8.50. The molecule has 1 atom stereocenters. The largest absolute Gasteiger partial charge is 0.326 e. The Hall–Kier alpha value is -2.18. The van der Waals surface area contributed by atoms with Crippen LogP contribution in [0.15, 0.2) is 53.4 Å². The van der Waals surface area contributed by atoms with Gasteiger partial charge in [0.15, 0.2) is 0 Å². The van der Waals surface area contributed by atoms with E-state index < -0.39 is 10.0 Å². The quantitative estimate of drug-likeness (QED) is 0.866. The first kappa shape index (κ1) is 18.6. The molecule has 0 aliphatic carbocycles. The summed E-state index contributed by atoms with van der Waals surface area (Å²) in [5.41, 5.74) is 2.77. The number of carbonyl (C=O) groups is 1. The molecule has 1 amide bonds. The fourth-order valence-corrected chi connectivity index (χ4v) is 5.02. The molecule has 0 aromatic heterocycles. The van der Waals surface area contributed by atoms with Crippen molar-refractivity contribution in [2.75, 3.05) is 11.9 Å². The third-order valence-electron chi connectivity index (χ3n) is 4.70. The third-order valence-corrected chi connectivity index (χ3v) is 6.62. The topological polar surface area (TPSA) is 66.5 Å². The van der Waals surface area contributed by atoms with Gasteiger partial charge in [0.05, 0.1) is 10.9 Å². The zero-order chi connectivity index (χ0) is 18.7. The minimum Gasteiger partial charge on any atom is -0.326 e. The van der Waals surface area contributed by atoms with Crippen LogP contribution in [0.25, 0.3) is 0 Å². The second-order valence-electron chi connectivity index (χ2n) is 6.61. The fourth-order valence-electron chi connectivity index (χ4n) is 3.33. The molecule has 1 heterocycles. The van der Waals surface area contributed by atoms with Crippen LogP contribution in [0.3, 0.4) is 0 Å². The fraction of sp³-hybridized carbons (Fsp3) is 0.350. The molecule has 0 radical (unpaired) electrons. The molecule has 0 saturated carbocycles. The van der Waals surface area contributed by atoms with E-state index in [9.17, 15) is 13.2 Å². The Morgan fingerprint density at radius 1 is 1.19 bits per heavy atom. The number of rotatable bonds is 5. The van der Waals surface area contributed by atoms with Gasteiger partial charge in [-0.25, -0.2) is 8.42 Å². The van der Waals surface area contributed by atoms with Crippen LogP contribution in [-0.4, -0.2) is 25.2 Å². The van der Waals surface area contributed by atoms with E-state index in [1.165, 1.54) is 0 Å². The summed E-state index contributed by atoms with van der Waals surface area (Å²) in [4.78, 5) is 11.7. The van der Waals surface area contributed by atoms with Gasteiger partial charge in [-0.05, 0) is 49.6 Å². The lowest BCUT2D eigenvalue weighted by Crippen LogP contribution is -2.30. The molecule has 138 valence electrons. The molecule has 5 nitrogen and oxygen atoms in total. The first-order chi connectivity index (χ1) is 12.4. The van der Waals surface area contributed by atoms with Crippen molar-refractivity contribution in [1.82, 2.24) is 4.31 Å². The predicted molar refractivity (Wildman–Crippen MR) is 102 cm³/mol. The number of hydrogen-bond donors (Lipinski definition) is 1. The van der Waals surface area contributed by atoms with Crippen molar-refractivity contribution >= 4 is 21.6 Å². The van der Waals surface area contributed by atoms with Gasteiger partial charge in [-0.3, -0.25) is 4.79 Å². The van der Waals surface area contributed by atoms with E-state index in [4.69, 9.17) is 0 Å². The Kier molecular flexibility index (Phi) is 5.44. The van der Waals surface area contributed by atoms with Crippen molar-refractivity contribution in [3.05, 3.63) is 59.7 Å². The van der Waals surface area contributed by atoms with E-state index in [0.717, 1.165) is 24.0 Å². The number of nitrogens with zero attached hydrogens (tertiary/aromatic N) is 1. The molecule has 0 spiro atoms. The number of benzene rings is 2. The highest BCUT2D eigenvalue weighted by atomic mass is 32.2. The van der Waals surface area contributed by atoms with Gasteiger partial charge >= 0.3 is 0 Å². The number of aryl methyl sites for hydroxylation is 1. The Morgan fingerprint density at radius 2 is 1.92 bits per heavy atom. The Bertz CT molecular complexity index is 892. The lowest BCUT2D eigenvalue weighted by atomic mass is 10.0. The number of hydrogen-bond acceptors (Lipinski definition) is 3. The third kappa shape index (κ3) is 3.81. The zero-order valence-electron chi connectivity index (χ0n) is 15.1. The summed E-state index contributed by atoms with van der Waals surface area (Å²) < 4.78 is 27.9. The van der Waals surface area contributed by atoms with Crippen LogP contribution < -0.4 is 5.32 Å². The van der Waals surface area contributed by atoms with Gasteiger partial charge in [0.25, 0.3) is 0 Å².